The fourth-order valence-corrected chi connectivity index (χ4v) is 3.83. The zero-order chi connectivity index (χ0) is 23.5. The Morgan fingerprint density at radius 2 is 1.79 bits per heavy atom. The molecule has 0 saturated carbocycles. The van der Waals surface area contributed by atoms with Crippen LogP contribution >= 0.6 is 22.9 Å². The highest BCUT2D eigenvalue weighted by molar-refractivity contribution is 7.13. The van der Waals surface area contributed by atoms with E-state index >= 15 is 0 Å². The standard InChI is InChI=1S/C22H16ClN5O4S/c1-12-19(26-22(27-20(12)29)25-17-8-4-15(23)5-9-17)13-2-6-16(7-3-13)24-21(30)14-10-18(28(31)32)33-11-14/h2-11H,1H3,(H,24,30)(H2,25,26,27,29). The van der Waals surface area contributed by atoms with Crippen LogP contribution in [0.3, 0.4) is 0 Å². The average Bonchev–Trinajstić information content (AvgIpc) is 3.29. The van der Waals surface area contributed by atoms with E-state index in [9.17, 15) is 19.7 Å². The van der Waals surface area contributed by atoms with Crippen molar-refractivity contribution in [3.8, 4) is 11.3 Å². The highest BCUT2D eigenvalue weighted by Gasteiger charge is 2.15. The number of carbonyl (C=O) groups is 1. The van der Waals surface area contributed by atoms with E-state index in [0.717, 1.165) is 11.3 Å². The predicted octanol–water partition coefficient (Wildman–Crippen LogP) is 5.36. The van der Waals surface area contributed by atoms with Crippen LogP contribution < -0.4 is 16.2 Å². The van der Waals surface area contributed by atoms with E-state index in [1.807, 2.05) is 0 Å². The van der Waals surface area contributed by atoms with Gasteiger partial charge in [-0.1, -0.05) is 35.1 Å². The van der Waals surface area contributed by atoms with Gasteiger partial charge in [-0.05, 0) is 43.3 Å². The maximum Gasteiger partial charge on any atom is 0.324 e. The summed E-state index contributed by atoms with van der Waals surface area (Å²) in [5.41, 5.74) is 2.75. The number of thiophene rings is 1. The molecule has 0 aliphatic rings. The maximum absolute atomic E-state index is 12.4. The lowest BCUT2D eigenvalue weighted by atomic mass is 10.1. The molecule has 2 aromatic heterocycles. The average molecular weight is 482 g/mol. The predicted molar refractivity (Wildman–Crippen MR) is 129 cm³/mol. The molecule has 4 rings (SSSR count). The molecule has 33 heavy (non-hydrogen) atoms. The molecular weight excluding hydrogens is 466 g/mol. The third-order valence-electron chi connectivity index (χ3n) is 4.70. The van der Waals surface area contributed by atoms with Gasteiger partial charge in [-0.15, -0.1) is 0 Å². The van der Waals surface area contributed by atoms with Crippen LogP contribution in [0.1, 0.15) is 15.9 Å². The fraction of sp³-hybridized carbons (Fsp3) is 0.0455. The number of nitrogens with zero attached hydrogens (tertiary/aromatic N) is 2. The van der Waals surface area contributed by atoms with E-state index in [1.165, 1.54) is 11.4 Å². The molecule has 11 heteroatoms. The number of nitrogens with one attached hydrogen (secondary N) is 3. The molecule has 2 heterocycles. The van der Waals surface area contributed by atoms with Gasteiger partial charge in [0.15, 0.2) is 0 Å². The largest absolute Gasteiger partial charge is 0.326 e. The highest BCUT2D eigenvalue weighted by atomic mass is 35.5. The summed E-state index contributed by atoms with van der Waals surface area (Å²) in [5, 5.41) is 18.5. The molecule has 0 bridgehead atoms. The molecule has 9 nitrogen and oxygen atoms in total. The number of H-pyrrole nitrogens is 1. The van der Waals surface area contributed by atoms with Crippen LogP contribution in [0.15, 0.2) is 64.8 Å². The van der Waals surface area contributed by atoms with Crippen molar-refractivity contribution in [2.45, 2.75) is 6.92 Å². The van der Waals surface area contributed by atoms with Gasteiger partial charge in [-0.3, -0.25) is 24.7 Å². The van der Waals surface area contributed by atoms with Crippen LogP contribution in [0.2, 0.25) is 5.02 Å². The van der Waals surface area contributed by atoms with Gasteiger partial charge in [0.25, 0.3) is 11.5 Å². The number of hydrogen-bond donors (Lipinski definition) is 3. The van der Waals surface area contributed by atoms with Crippen molar-refractivity contribution < 1.29 is 9.72 Å². The molecule has 0 aliphatic heterocycles. The second kappa shape index (κ2) is 9.23. The van der Waals surface area contributed by atoms with Gasteiger partial charge in [-0.25, -0.2) is 4.98 Å². The molecule has 0 spiro atoms. The van der Waals surface area contributed by atoms with Gasteiger partial charge in [0.2, 0.25) is 5.95 Å². The van der Waals surface area contributed by atoms with Crippen molar-refractivity contribution in [1.82, 2.24) is 9.97 Å². The summed E-state index contributed by atoms with van der Waals surface area (Å²) in [5.74, 6) is -0.175. The van der Waals surface area contributed by atoms with E-state index < -0.39 is 10.8 Å². The number of hydrogen-bond acceptors (Lipinski definition) is 7. The zero-order valence-electron chi connectivity index (χ0n) is 17.1. The van der Waals surface area contributed by atoms with Gasteiger partial charge in [0.1, 0.15) is 0 Å². The van der Waals surface area contributed by atoms with E-state index in [2.05, 4.69) is 20.6 Å². The lowest BCUT2D eigenvalue weighted by Gasteiger charge is -2.11. The minimum absolute atomic E-state index is 0.102. The molecule has 166 valence electrons. The third-order valence-corrected chi connectivity index (χ3v) is 5.83. The van der Waals surface area contributed by atoms with E-state index in [0.29, 0.717) is 33.2 Å². The Labute approximate surface area is 196 Å². The van der Waals surface area contributed by atoms with Crippen LogP contribution in [0.4, 0.5) is 22.3 Å². The molecule has 3 N–H and O–H groups in total. The SMILES string of the molecule is Cc1c(-c2ccc(NC(=O)c3csc([N+](=O)[O-])c3)cc2)nc(Nc2ccc(Cl)cc2)[nH]c1=O. The molecule has 4 aromatic rings. The normalized spacial score (nSPS) is 10.6. The molecule has 0 atom stereocenters. The highest BCUT2D eigenvalue weighted by Crippen LogP contribution is 2.25. The van der Waals surface area contributed by atoms with Crippen LogP contribution in [0.5, 0.6) is 0 Å². The van der Waals surface area contributed by atoms with Crippen molar-refractivity contribution in [1.29, 1.82) is 0 Å². The topological polar surface area (TPSA) is 130 Å². The molecule has 1 amide bonds. The van der Waals surface area contributed by atoms with E-state index in [-0.39, 0.29) is 22.1 Å². The maximum atomic E-state index is 12.4. The number of benzene rings is 2. The Morgan fingerprint density at radius 1 is 1.12 bits per heavy atom. The first-order valence-corrected chi connectivity index (χ1v) is 10.8. The molecular formula is C22H16ClN5O4S. The summed E-state index contributed by atoms with van der Waals surface area (Å²) in [6, 6.07) is 15.0. The third kappa shape index (κ3) is 5.08. The van der Waals surface area contributed by atoms with Crippen LogP contribution in [-0.2, 0) is 0 Å². The Kier molecular flexibility index (Phi) is 6.20. The zero-order valence-corrected chi connectivity index (χ0v) is 18.7. The summed E-state index contributed by atoms with van der Waals surface area (Å²) in [4.78, 5) is 42.3. The van der Waals surface area contributed by atoms with Crippen molar-refractivity contribution in [2.75, 3.05) is 10.6 Å². The Balaban J connectivity index is 1.54. The van der Waals surface area contributed by atoms with Crippen molar-refractivity contribution >= 4 is 51.2 Å². The Bertz CT molecular complexity index is 1400. The molecule has 0 radical (unpaired) electrons. The number of anilines is 3. The quantitative estimate of drug-likeness (QED) is 0.251. The van der Waals surface area contributed by atoms with Gasteiger partial charge in [0, 0.05) is 39.0 Å². The first-order chi connectivity index (χ1) is 15.8. The van der Waals surface area contributed by atoms with Gasteiger partial charge in [0.05, 0.1) is 16.2 Å². The number of aromatic nitrogens is 2. The first kappa shape index (κ1) is 22.2. The molecule has 0 aliphatic carbocycles. The molecule has 0 fully saturated rings. The van der Waals surface area contributed by atoms with E-state index in [4.69, 9.17) is 11.6 Å². The van der Waals surface area contributed by atoms with E-state index in [1.54, 1.807) is 55.5 Å². The molecule has 2 aromatic carbocycles. The summed E-state index contributed by atoms with van der Waals surface area (Å²) in [6.45, 7) is 1.67. The minimum Gasteiger partial charge on any atom is -0.326 e. The summed E-state index contributed by atoms with van der Waals surface area (Å²) in [7, 11) is 0. The number of aromatic amines is 1. The number of amides is 1. The van der Waals surface area contributed by atoms with Crippen LogP contribution in [0.25, 0.3) is 11.3 Å². The number of carbonyl (C=O) groups excluding carboxylic acids is 1. The molecule has 0 saturated heterocycles. The van der Waals surface area contributed by atoms with Crippen molar-refractivity contribution in [3.05, 3.63) is 96.6 Å². The van der Waals surface area contributed by atoms with Crippen molar-refractivity contribution in [2.24, 2.45) is 0 Å². The second-order valence-electron chi connectivity index (χ2n) is 6.98. The van der Waals surface area contributed by atoms with Gasteiger partial charge in [-0.2, -0.15) is 0 Å². The monoisotopic (exact) mass is 481 g/mol. The number of halogens is 1. The van der Waals surface area contributed by atoms with Crippen molar-refractivity contribution in [3.63, 3.8) is 0 Å². The Morgan fingerprint density at radius 3 is 2.42 bits per heavy atom. The number of rotatable bonds is 6. The van der Waals surface area contributed by atoms with Crippen LogP contribution in [-0.4, -0.2) is 20.8 Å². The second-order valence-corrected chi connectivity index (χ2v) is 8.31. The summed E-state index contributed by atoms with van der Waals surface area (Å²) < 4.78 is 0. The fourth-order valence-electron chi connectivity index (χ4n) is 3.00. The number of nitro groups is 1. The minimum atomic E-state index is -0.539. The summed E-state index contributed by atoms with van der Waals surface area (Å²) in [6.07, 6.45) is 0. The van der Waals surface area contributed by atoms with Gasteiger partial charge >= 0.3 is 5.00 Å². The Hall–Kier alpha value is -4.02. The lowest BCUT2D eigenvalue weighted by Crippen LogP contribution is -2.15. The van der Waals surface area contributed by atoms with Gasteiger partial charge < -0.3 is 10.6 Å². The van der Waals surface area contributed by atoms with Crippen LogP contribution in [0, 0.1) is 17.0 Å². The smallest absolute Gasteiger partial charge is 0.324 e. The summed E-state index contributed by atoms with van der Waals surface area (Å²) >= 11 is 6.79. The first-order valence-electron chi connectivity index (χ1n) is 9.58. The molecule has 0 unspecified atom stereocenters. The lowest BCUT2D eigenvalue weighted by molar-refractivity contribution is -0.380.